The minimum atomic E-state index is 0.468. The molecule has 0 saturated heterocycles. The van der Waals surface area contributed by atoms with Crippen molar-refractivity contribution in [3.63, 3.8) is 0 Å². The Bertz CT molecular complexity index is 1040. The summed E-state index contributed by atoms with van der Waals surface area (Å²) in [4.78, 5) is 4.51. The molecular weight excluding hydrogens is 330 g/mol. The molecule has 0 bridgehead atoms. The van der Waals surface area contributed by atoms with Crippen LogP contribution in [0.4, 0.5) is 11.5 Å². The molecule has 0 aliphatic rings. The molecule has 0 unspecified atom stereocenters. The molecule has 2 aromatic heterocycles. The lowest BCUT2D eigenvalue weighted by Gasteiger charge is -2.13. The predicted octanol–water partition coefficient (Wildman–Crippen LogP) is 4.65. The minimum absolute atomic E-state index is 0.468. The molecule has 2 aromatic carbocycles. The van der Waals surface area contributed by atoms with Crippen LogP contribution in [-0.2, 0) is 0 Å². The number of aromatic nitrogens is 2. The van der Waals surface area contributed by atoms with E-state index in [9.17, 15) is 0 Å². The summed E-state index contributed by atoms with van der Waals surface area (Å²) >= 11 is 0. The van der Waals surface area contributed by atoms with Crippen LogP contribution in [0, 0.1) is 0 Å². The van der Waals surface area contributed by atoms with Crippen molar-refractivity contribution >= 4 is 22.6 Å². The molecule has 26 heavy (non-hydrogen) atoms. The van der Waals surface area contributed by atoms with Gasteiger partial charge in [0.25, 0.3) is 5.71 Å². The van der Waals surface area contributed by atoms with Gasteiger partial charge in [0, 0.05) is 5.56 Å². The Morgan fingerprint density at radius 1 is 0.885 bits per heavy atom. The van der Waals surface area contributed by atoms with Gasteiger partial charge < -0.3 is 19.3 Å². The highest BCUT2D eigenvalue weighted by atomic mass is 16.5. The molecule has 0 radical (unpaired) electrons. The molecule has 4 rings (SSSR count). The second-order valence-electron chi connectivity index (χ2n) is 5.61. The maximum Gasteiger partial charge on any atom is 0.260 e. The molecule has 0 amide bonds. The summed E-state index contributed by atoms with van der Waals surface area (Å²) in [5.74, 6) is 1.88. The van der Waals surface area contributed by atoms with Crippen LogP contribution in [0.3, 0.4) is 0 Å². The lowest BCUT2D eigenvalue weighted by atomic mass is 10.1. The van der Waals surface area contributed by atoms with Gasteiger partial charge in [0.05, 0.1) is 25.3 Å². The van der Waals surface area contributed by atoms with Crippen LogP contribution in [-0.4, -0.2) is 24.4 Å². The highest BCUT2D eigenvalue weighted by Gasteiger charge is 2.14. The maximum absolute atomic E-state index is 5.44. The fourth-order valence-electron chi connectivity index (χ4n) is 2.83. The van der Waals surface area contributed by atoms with E-state index >= 15 is 0 Å². The molecule has 1 N–H and O–H groups in total. The Morgan fingerprint density at radius 2 is 1.73 bits per heavy atom. The molecule has 6 nitrogen and oxygen atoms in total. The van der Waals surface area contributed by atoms with Gasteiger partial charge in [-0.05, 0) is 24.3 Å². The van der Waals surface area contributed by atoms with Gasteiger partial charge in [-0.15, -0.1) is 0 Å². The third kappa shape index (κ3) is 2.82. The standard InChI is InChI=1S/C20H17N3O3/c1-24-16-10-6-9-15(19(16)25-2)21-17-12-11-14-18(23-26-20(14)22-17)13-7-4-3-5-8-13/h3-12H,1-2H3,(H,21,22). The van der Waals surface area contributed by atoms with Gasteiger partial charge in [0.1, 0.15) is 11.5 Å². The zero-order valence-corrected chi connectivity index (χ0v) is 14.4. The molecule has 0 saturated carbocycles. The first-order valence-electron chi connectivity index (χ1n) is 8.10. The van der Waals surface area contributed by atoms with Crippen LogP contribution in [0.2, 0.25) is 0 Å². The van der Waals surface area contributed by atoms with E-state index in [2.05, 4.69) is 15.5 Å². The highest BCUT2D eigenvalue weighted by Crippen LogP contribution is 2.36. The van der Waals surface area contributed by atoms with E-state index in [0.717, 1.165) is 22.3 Å². The first kappa shape index (κ1) is 16.0. The van der Waals surface area contributed by atoms with Crippen molar-refractivity contribution in [2.75, 3.05) is 19.5 Å². The monoisotopic (exact) mass is 347 g/mol. The van der Waals surface area contributed by atoms with Crippen LogP contribution in [0.25, 0.3) is 22.4 Å². The molecular formula is C20H17N3O3. The molecule has 2 heterocycles. The zero-order valence-electron chi connectivity index (χ0n) is 14.4. The van der Waals surface area contributed by atoms with E-state index in [1.807, 2.05) is 60.7 Å². The fourth-order valence-corrected chi connectivity index (χ4v) is 2.83. The summed E-state index contributed by atoms with van der Waals surface area (Å²) in [7, 11) is 3.20. The highest BCUT2D eigenvalue weighted by molar-refractivity contribution is 5.90. The van der Waals surface area contributed by atoms with E-state index < -0.39 is 0 Å². The molecule has 6 heteroatoms. The van der Waals surface area contributed by atoms with Crippen molar-refractivity contribution in [1.29, 1.82) is 0 Å². The number of hydrogen-bond acceptors (Lipinski definition) is 6. The molecule has 0 spiro atoms. The second kappa shape index (κ2) is 6.76. The van der Waals surface area contributed by atoms with Crippen LogP contribution in [0.1, 0.15) is 0 Å². The topological polar surface area (TPSA) is 69.4 Å². The number of nitrogens with zero attached hydrogens (tertiary/aromatic N) is 2. The zero-order chi connectivity index (χ0) is 17.9. The van der Waals surface area contributed by atoms with E-state index in [1.165, 1.54) is 0 Å². The normalized spacial score (nSPS) is 10.7. The Morgan fingerprint density at radius 3 is 2.50 bits per heavy atom. The van der Waals surface area contributed by atoms with Crippen molar-refractivity contribution in [2.45, 2.75) is 0 Å². The lowest BCUT2D eigenvalue weighted by molar-refractivity contribution is 0.356. The Hall–Kier alpha value is -3.54. The largest absolute Gasteiger partial charge is 0.493 e. The first-order chi connectivity index (χ1) is 12.8. The SMILES string of the molecule is COc1cccc(Nc2ccc3c(-c4ccccc4)noc3n2)c1OC. The van der Waals surface area contributed by atoms with Crippen molar-refractivity contribution in [3.8, 4) is 22.8 Å². The minimum Gasteiger partial charge on any atom is -0.493 e. The molecule has 0 fully saturated rings. The average molecular weight is 347 g/mol. The number of methoxy groups -OCH3 is 2. The summed E-state index contributed by atoms with van der Waals surface area (Å²) in [6.07, 6.45) is 0. The lowest BCUT2D eigenvalue weighted by Crippen LogP contribution is -1.98. The van der Waals surface area contributed by atoms with E-state index in [1.54, 1.807) is 14.2 Å². The van der Waals surface area contributed by atoms with Gasteiger partial charge >= 0.3 is 0 Å². The fraction of sp³-hybridized carbons (Fsp3) is 0.100. The number of fused-ring (bicyclic) bond motifs is 1. The number of hydrogen-bond donors (Lipinski definition) is 1. The summed E-state index contributed by atoms with van der Waals surface area (Å²) in [5.41, 5.74) is 2.99. The van der Waals surface area contributed by atoms with E-state index in [0.29, 0.717) is 23.0 Å². The molecule has 0 aliphatic heterocycles. The van der Waals surface area contributed by atoms with Crippen molar-refractivity contribution in [1.82, 2.24) is 10.1 Å². The third-order valence-electron chi connectivity index (χ3n) is 4.05. The average Bonchev–Trinajstić information content (AvgIpc) is 3.11. The smallest absolute Gasteiger partial charge is 0.260 e. The summed E-state index contributed by atoms with van der Waals surface area (Å²) in [6.45, 7) is 0. The molecule has 0 aliphatic carbocycles. The molecule has 0 atom stereocenters. The van der Waals surface area contributed by atoms with Gasteiger partial charge in [-0.3, -0.25) is 0 Å². The van der Waals surface area contributed by atoms with Gasteiger partial charge in [0.15, 0.2) is 11.5 Å². The first-order valence-corrected chi connectivity index (χ1v) is 8.10. The Balaban J connectivity index is 1.70. The number of pyridine rings is 1. The second-order valence-corrected chi connectivity index (χ2v) is 5.61. The van der Waals surface area contributed by atoms with Gasteiger partial charge in [-0.1, -0.05) is 41.6 Å². The van der Waals surface area contributed by atoms with Crippen LogP contribution >= 0.6 is 0 Å². The Labute approximate surface area is 150 Å². The van der Waals surface area contributed by atoms with Gasteiger partial charge in [-0.25, -0.2) is 0 Å². The van der Waals surface area contributed by atoms with E-state index in [-0.39, 0.29) is 0 Å². The van der Waals surface area contributed by atoms with Crippen molar-refractivity contribution in [3.05, 3.63) is 60.7 Å². The van der Waals surface area contributed by atoms with Crippen LogP contribution in [0.15, 0.2) is 65.2 Å². The van der Waals surface area contributed by atoms with Crippen LogP contribution < -0.4 is 14.8 Å². The van der Waals surface area contributed by atoms with Crippen LogP contribution in [0.5, 0.6) is 11.5 Å². The number of para-hydroxylation sites is 1. The van der Waals surface area contributed by atoms with Gasteiger partial charge in [-0.2, -0.15) is 4.98 Å². The summed E-state index contributed by atoms with van der Waals surface area (Å²) in [5, 5.41) is 8.26. The predicted molar refractivity (Wildman–Crippen MR) is 100 cm³/mol. The Kier molecular flexibility index (Phi) is 4.15. The molecule has 130 valence electrons. The number of rotatable bonds is 5. The van der Waals surface area contributed by atoms with Gasteiger partial charge in [0.2, 0.25) is 0 Å². The number of ether oxygens (including phenoxy) is 2. The number of benzene rings is 2. The van der Waals surface area contributed by atoms with Crippen molar-refractivity contribution < 1.29 is 14.0 Å². The number of nitrogens with one attached hydrogen (secondary N) is 1. The van der Waals surface area contributed by atoms with E-state index in [4.69, 9.17) is 14.0 Å². The third-order valence-corrected chi connectivity index (χ3v) is 4.05. The summed E-state index contributed by atoms with van der Waals surface area (Å²) < 4.78 is 16.2. The summed E-state index contributed by atoms with van der Waals surface area (Å²) in [6, 6.07) is 19.3. The number of anilines is 2. The quantitative estimate of drug-likeness (QED) is 0.567. The molecule has 4 aromatic rings. The van der Waals surface area contributed by atoms with Crippen molar-refractivity contribution in [2.24, 2.45) is 0 Å². The maximum atomic E-state index is 5.44.